The summed E-state index contributed by atoms with van der Waals surface area (Å²) in [6.07, 6.45) is 2.37. The quantitative estimate of drug-likeness (QED) is 0.819. The molecule has 7 heteroatoms. The third-order valence-electron chi connectivity index (χ3n) is 3.17. The fourth-order valence-corrected chi connectivity index (χ4v) is 4.31. The summed E-state index contributed by atoms with van der Waals surface area (Å²) in [7, 11) is -3.47. The molecule has 0 amide bonds. The van der Waals surface area contributed by atoms with Gasteiger partial charge in [0.25, 0.3) is 0 Å². The van der Waals surface area contributed by atoms with Gasteiger partial charge >= 0.3 is 0 Å². The first-order valence-electron chi connectivity index (χ1n) is 6.50. The maximum absolute atomic E-state index is 12.4. The summed E-state index contributed by atoms with van der Waals surface area (Å²) in [5.41, 5.74) is 0. The number of rotatable bonds is 7. The molecular weight excluding hydrogens is 332 g/mol. The van der Waals surface area contributed by atoms with Crippen LogP contribution >= 0.6 is 15.9 Å². The van der Waals surface area contributed by atoms with Crippen molar-refractivity contribution in [1.29, 1.82) is 0 Å². The zero-order chi connectivity index (χ0) is 14.0. The first-order valence-corrected chi connectivity index (χ1v) is 8.74. The molecule has 1 saturated carbocycles. The largest absolute Gasteiger partial charge is 0.452 e. The Morgan fingerprint density at radius 3 is 2.58 bits per heavy atom. The molecule has 1 N–H and O–H groups in total. The fourth-order valence-electron chi connectivity index (χ4n) is 1.90. The molecule has 0 bridgehead atoms. The van der Waals surface area contributed by atoms with E-state index in [1.165, 1.54) is 17.1 Å². The average Bonchev–Trinajstić information content (AvgIpc) is 3.10. The van der Waals surface area contributed by atoms with Gasteiger partial charge in [0.2, 0.25) is 10.0 Å². The van der Waals surface area contributed by atoms with Crippen LogP contribution in [0.25, 0.3) is 0 Å². The second-order valence-corrected chi connectivity index (χ2v) is 7.22. The number of sulfonamides is 1. The second-order valence-electron chi connectivity index (χ2n) is 4.60. The van der Waals surface area contributed by atoms with Gasteiger partial charge in [-0.15, -0.1) is 0 Å². The van der Waals surface area contributed by atoms with E-state index in [0.29, 0.717) is 31.4 Å². The van der Waals surface area contributed by atoms with Crippen molar-refractivity contribution < 1.29 is 12.8 Å². The fraction of sp³-hybridized carbons (Fsp3) is 0.667. The Balaban J connectivity index is 2.18. The zero-order valence-electron chi connectivity index (χ0n) is 11.1. The van der Waals surface area contributed by atoms with Gasteiger partial charge in [-0.2, -0.15) is 4.31 Å². The topological polar surface area (TPSA) is 62.6 Å². The number of nitrogens with zero attached hydrogens (tertiary/aromatic N) is 1. The van der Waals surface area contributed by atoms with E-state index < -0.39 is 10.0 Å². The molecular formula is C12H19BrN2O3S. The van der Waals surface area contributed by atoms with E-state index in [0.717, 1.165) is 0 Å². The van der Waals surface area contributed by atoms with E-state index in [9.17, 15) is 8.42 Å². The molecule has 2 rings (SSSR count). The minimum Gasteiger partial charge on any atom is -0.452 e. The van der Waals surface area contributed by atoms with E-state index in [1.54, 1.807) is 6.07 Å². The van der Waals surface area contributed by atoms with Crippen molar-refractivity contribution in [2.75, 3.05) is 13.1 Å². The van der Waals surface area contributed by atoms with Crippen molar-refractivity contribution in [3.05, 3.63) is 16.5 Å². The Kier molecular flexibility index (Phi) is 4.70. The van der Waals surface area contributed by atoms with Gasteiger partial charge in [0.15, 0.2) is 4.67 Å². The van der Waals surface area contributed by atoms with Gasteiger partial charge in [-0.1, -0.05) is 13.8 Å². The van der Waals surface area contributed by atoms with Crippen molar-refractivity contribution >= 4 is 26.0 Å². The van der Waals surface area contributed by atoms with E-state index in [1.807, 2.05) is 13.8 Å². The molecule has 0 radical (unpaired) electrons. The van der Waals surface area contributed by atoms with Crippen LogP contribution in [0.3, 0.4) is 0 Å². The molecule has 0 atom stereocenters. The predicted octanol–water partition coefficient (Wildman–Crippen LogP) is 2.32. The number of furan rings is 1. The smallest absolute Gasteiger partial charge is 0.247 e. The van der Waals surface area contributed by atoms with Gasteiger partial charge in [-0.05, 0) is 28.8 Å². The summed E-state index contributed by atoms with van der Waals surface area (Å²) >= 11 is 3.20. The number of hydrogen-bond acceptors (Lipinski definition) is 4. The van der Waals surface area contributed by atoms with Crippen LogP contribution in [0.1, 0.15) is 32.4 Å². The van der Waals surface area contributed by atoms with E-state index >= 15 is 0 Å². The lowest BCUT2D eigenvalue weighted by atomic mass is 10.4. The zero-order valence-corrected chi connectivity index (χ0v) is 13.6. The predicted molar refractivity (Wildman–Crippen MR) is 76.4 cm³/mol. The minimum absolute atomic E-state index is 0.212. The molecule has 108 valence electrons. The lowest BCUT2D eigenvalue weighted by molar-refractivity contribution is 0.438. The van der Waals surface area contributed by atoms with Gasteiger partial charge in [0, 0.05) is 25.2 Å². The summed E-state index contributed by atoms with van der Waals surface area (Å²) in [5.74, 6) is 0.643. The molecule has 0 saturated heterocycles. The summed E-state index contributed by atoms with van der Waals surface area (Å²) in [4.78, 5) is 0.212. The monoisotopic (exact) mass is 350 g/mol. The number of hydrogen-bond donors (Lipinski definition) is 1. The lowest BCUT2D eigenvalue weighted by Gasteiger charge is -2.17. The Bertz CT molecular complexity index is 533. The van der Waals surface area contributed by atoms with Crippen LogP contribution in [0.5, 0.6) is 0 Å². The van der Waals surface area contributed by atoms with Crippen LogP contribution in [0.15, 0.2) is 20.0 Å². The molecule has 0 aliphatic heterocycles. The Labute approximate surface area is 122 Å². The molecule has 5 nitrogen and oxygen atoms in total. The average molecular weight is 351 g/mol. The molecule has 0 unspecified atom stereocenters. The van der Waals surface area contributed by atoms with Gasteiger partial charge < -0.3 is 9.73 Å². The van der Waals surface area contributed by atoms with Crippen LogP contribution in [-0.4, -0.2) is 31.9 Å². The SMILES string of the molecule is CCN(CC)S(=O)(=O)c1cc(CNC2CC2)oc1Br. The number of halogens is 1. The van der Waals surface area contributed by atoms with E-state index in [4.69, 9.17) is 4.42 Å². The molecule has 19 heavy (non-hydrogen) atoms. The van der Waals surface area contributed by atoms with Gasteiger partial charge in [-0.3, -0.25) is 0 Å². The Morgan fingerprint density at radius 1 is 1.42 bits per heavy atom. The minimum atomic E-state index is -3.47. The highest BCUT2D eigenvalue weighted by atomic mass is 79.9. The molecule has 0 aromatic carbocycles. The Morgan fingerprint density at radius 2 is 2.05 bits per heavy atom. The van der Waals surface area contributed by atoms with E-state index in [2.05, 4.69) is 21.2 Å². The van der Waals surface area contributed by atoms with Crippen molar-refractivity contribution in [2.45, 2.75) is 44.2 Å². The molecule has 1 heterocycles. The molecule has 1 aliphatic rings. The van der Waals surface area contributed by atoms with Crippen molar-refractivity contribution in [2.24, 2.45) is 0 Å². The summed E-state index contributed by atoms with van der Waals surface area (Å²) in [6.45, 7) is 5.12. The van der Waals surface area contributed by atoms with Crippen molar-refractivity contribution in [3.63, 3.8) is 0 Å². The molecule has 0 spiro atoms. The Hall–Kier alpha value is -0.370. The first kappa shape index (κ1) is 15.0. The van der Waals surface area contributed by atoms with E-state index in [-0.39, 0.29) is 9.56 Å². The van der Waals surface area contributed by atoms with Gasteiger partial charge in [-0.25, -0.2) is 8.42 Å². The normalized spacial score (nSPS) is 16.2. The summed E-state index contributed by atoms with van der Waals surface area (Å²) in [6, 6.07) is 2.17. The van der Waals surface area contributed by atoms with Crippen LogP contribution in [-0.2, 0) is 16.6 Å². The van der Waals surface area contributed by atoms with Crippen molar-refractivity contribution in [3.8, 4) is 0 Å². The maximum Gasteiger partial charge on any atom is 0.247 e. The molecule has 1 aliphatic carbocycles. The summed E-state index contributed by atoms with van der Waals surface area (Å²) in [5, 5.41) is 3.30. The highest BCUT2D eigenvalue weighted by Crippen LogP contribution is 2.29. The van der Waals surface area contributed by atoms with Gasteiger partial charge in [0.1, 0.15) is 10.7 Å². The third-order valence-corrected chi connectivity index (χ3v) is 6.08. The highest BCUT2D eigenvalue weighted by Gasteiger charge is 2.28. The highest BCUT2D eigenvalue weighted by molar-refractivity contribution is 9.10. The van der Waals surface area contributed by atoms with Crippen molar-refractivity contribution in [1.82, 2.24) is 9.62 Å². The van der Waals surface area contributed by atoms with Crippen LogP contribution in [0, 0.1) is 0 Å². The second kappa shape index (κ2) is 5.95. The standard InChI is InChI=1S/C12H19BrN2O3S/c1-3-15(4-2)19(16,17)11-7-10(18-12(11)13)8-14-9-5-6-9/h7,9,14H,3-6,8H2,1-2H3. The molecule has 1 aromatic rings. The lowest BCUT2D eigenvalue weighted by Crippen LogP contribution is -2.30. The maximum atomic E-state index is 12.4. The van der Waals surface area contributed by atoms with Crippen LogP contribution < -0.4 is 5.32 Å². The van der Waals surface area contributed by atoms with Gasteiger partial charge in [0.05, 0.1) is 6.54 Å². The van der Waals surface area contributed by atoms with Crippen LogP contribution in [0.2, 0.25) is 0 Å². The van der Waals surface area contributed by atoms with Crippen LogP contribution in [0.4, 0.5) is 0 Å². The third kappa shape index (κ3) is 3.39. The molecule has 1 fully saturated rings. The molecule has 1 aromatic heterocycles. The summed E-state index contributed by atoms with van der Waals surface area (Å²) < 4.78 is 32.0. The number of nitrogens with one attached hydrogen (secondary N) is 1. The first-order chi connectivity index (χ1) is 8.98.